The number of hydrogen-bond acceptors (Lipinski definition) is 3. The molecule has 4 aromatic heterocycles. The number of pyridine rings is 2. The first-order chi connectivity index (χ1) is 22.3. The number of aryl methyl sites for hydroxylation is 2. The van der Waals surface area contributed by atoms with Crippen LogP contribution in [0, 0.1) is 28.3 Å². The molecule has 0 N–H and O–H groups in total. The van der Waals surface area contributed by atoms with E-state index < -0.39 is 0 Å². The van der Waals surface area contributed by atoms with Crippen molar-refractivity contribution < 1.29 is 24.1 Å². The van der Waals surface area contributed by atoms with Gasteiger partial charge in [0.1, 0.15) is 0 Å². The van der Waals surface area contributed by atoms with Crippen LogP contribution < -0.4 is 4.74 Å². The fourth-order valence-electron chi connectivity index (χ4n) is 7.67. The molecule has 0 radical (unpaired) electrons. The van der Waals surface area contributed by atoms with Gasteiger partial charge in [-0.3, -0.25) is 0 Å². The molecular formula is C40H37N5OPt-2. The average Bonchev–Trinajstić information content (AvgIpc) is 3.54. The number of fused-ring (bicyclic) bond motifs is 6. The Morgan fingerprint density at radius 2 is 1.53 bits per heavy atom. The Hall–Kier alpha value is -4.28. The zero-order chi connectivity index (χ0) is 33.0. The van der Waals surface area contributed by atoms with Gasteiger partial charge >= 0.3 is 193 Å². The van der Waals surface area contributed by atoms with E-state index in [0.717, 1.165) is 42.8 Å². The van der Waals surface area contributed by atoms with Crippen molar-refractivity contribution in [2.75, 3.05) is 0 Å². The summed E-state index contributed by atoms with van der Waals surface area (Å²) in [5.41, 5.74) is 8.99. The van der Waals surface area contributed by atoms with Gasteiger partial charge in [0, 0.05) is 6.20 Å². The smallest absolute Gasteiger partial charge is 0.0582 e. The van der Waals surface area contributed by atoms with E-state index in [1.54, 1.807) is 6.20 Å². The van der Waals surface area contributed by atoms with Crippen LogP contribution >= 0.6 is 0 Å². The van der Waals surface area contributed by atoms with Gasteiger partial charge < -0.3 is 0 Å². The third-order valence-electron chi connectivity index (χ3n) is 11.4. The minimum Gasteiger partial charge on any atom is -0.0582 e. The molecule has 8 rings (SSSR count). The molecule has 0 saturated heterocycles. The molecule has 7 heteroatoms. The number of imidazole rings is 1. The van der Waals surface area contributed by atoms with Gasteiger partial charge in [-0.2, -0.15) is 0 Å². The van der Waals surface area contributed by atoms with E-state index in [2.05, 4.69) is 148 Å². The molecule has 240 valence electrons. The number of ether oxygens (including phenoxy) is 1. The molecule has 0 spiro atoms. The summed E-state index contributed by atoms with van der Waals surface area (Å²) in [6.07, 6.45) is 5.42. The van der Waals surface area contributed by atoms with Gasteiger partial charge in [0.15, 0.2) is 0 Å². The SMILES string of the molecule is Cc1ccnc(-n2c3[c-]c(Oc4[c-]c(-n5[c](=[Pt])n(C)c6ccccc65)cnc4)ccc3c3ccc4c(c32)C(C)(C)C(C)(C)C4(C)C)c1. The first kappa shape index (κ1) is 30.1. The number of benzene rings is 3. The Bertz CT molecular complexity index is 2480. The fraction of sp³-hybridized carbons (Fsp3) is 0.275. The summed E-state index contributed by atoms with van der Waals surface area (Å²) in [6.45, 7) is 16.5. The molecule has 47 heavy (non-hydrogen) atoms. The van der Waals surface area contributed by atoms with Crippen molar-refractivity contribution in [1.82, 2.24) is 23.7 Å². The Kier molecular flexibility index (Phi) is 6.47. The molecule has 0 atom stereocenters. The number of rotatable bonds is 4. The monoisotopic (exact) mass is 798 g/mol. The summed E-state index contributed by atoms with van der Waals surface area (Å²) in [7, 11) is 2.07. The van der Waals surface area contributed by atoms with Crippen LogP contribution in [0.2, 0.25) is 0 Å². The Balaban J connectivity index is 1.33. The zero-order valence-electron chi connectivity index (χ0n) is 28.0. The summed E-state index contributed by atoms with van der Waals surface area (Å²) in [5, 5.41) is 2.32. The third-order valence-corrected chi connectivity index (χ3v) is 12.6. The van der Waals surface area contributed by atoms with Crippen molar-refractivity contribution in [3.8, 4) is 23.0 Å². The van der Waals surface area contributed by atoms with Gasteiger partial charge in [-0.05, 0) is 40.4 Å². The van der Waals surface area contributed by atoms with Crippen molar-refractivity contribution in [2.45, 2.75) is 59.3 Å². The summed E-state index contributed by atoms with van der Waals surface area (Å²) in [4.78, 5) is 9.45. The standard InChI is InChI=1S/C40H37N5O.Pt/c1-25-17-18-42-35(19-25)45-34-21-27(46-28-20-26(22-41-23-28)44-24-43(8)32-11-9-10-12-33(32)44)13-14-29(34)30-15-16-31-36(37(30)45)39(4,5)40(6,7)38(31,2)3;/h9-19,22-23H,1-8H3;/q-2;. The third kappa shape index (κ3) is 4.10. The molecule has 1 aliphatic rings. The van der Waals surface area contributed by atoms with E-state index in [-0.39, 0.29) is 16.2 Å². The second-order valence-corrected chi connectivity index (χ2v) is 15.4. The topological polar surface area (TPSA) is 49.8 Å². The molecule has 1 aliphatic carbocycles. The van der Waals surface area contributed by atoms with Gasteiger partial charge in [-0.25, -0.2) is 0 Å². The quantitative estimate of drug-likeness (QED) is 0.167. The van der Waals surface area contributed by atoms with Gasteiger partial charge in [0.25, 0.3) is 0 Å². The first-order valence-corrected chi connectivity index (χ1v) is 17.1. The number of nitrogens with zero attached hydrogens (tertiary/aromatic N) is 5. The first-order valence-electron chi connectivity index (χ1n) is 16.0. The zero-order valence-corrected chi connectivity index (χ0v) is 30.2. The van der Waals surface area contributed by atoms with E-state index >= 15 is 0 Å². The predicted molar refractivity (Wildman–Crippen MR) is 184 cm³/mol. The van der Waals surface area contributed by atoms with E-state index in [1.165, 1.54) is 22.0 Å². The predicted octanol–water partition coefficient (Wildman–Crippen LogP) is 9.23. The van der Waals surface area contributed by atoms with Crippen molar-refractivity contribution in [1.29, 1.82) is 0 Å². The summed E-state index contributed by atoms with van der Waals surface area (Å²) >= 11 is 2.35. The fourth-order valence-corrected chi connectivity index (χ4v) is 8.49. The van der Waals surface area contributed by atoms with Crippen LogP contribution in [0.1, 0.15) is 58.2 Å². The van der Waals surface area contributed by atoms with E-state index in [9.17, 15) is 0 Å². The van der Waals surface area contributed by atoms with Crippen LogP contribution in [0.4, 0.5) is 0 Å². The maximum atomic E-state index is 6.49. The van der Waals surface area contributed by atoms with Crippen LogP contribution in [-0.2, 0) is 37.2 Å². The molecule has 0 fully saturated rings. The molecule has 7 aromatic rings. The van der Waals surface area contributed by atoms with Crippen molar-refractivity contribution in [3.05, 3.63) is 112 Å². The van der Waals surface area contributed by atoms with E-state index in [4.69, 9.17) is 9.72 Å². The summed E-state index contributed by atoms with van der Waals surface area (Å²) < 4.78 is 14.2. The summed E-state index contributed by atoms with van der Waals surface area (Å²) in [6, 6.07) is 28.4. The minimum atomic E-state index is -0.0987. The maximum absolute atomic E-state index is 6.49. The van der Waals surface area contributed by atoms with Crippen LogP contribution in [0.3, 0.4) is 0 Å². The molecule has 0 amide bonds. The van der Waals surface area contributed by atoms with Gasteiger partial charge in [-0.1, -0.05) is 47.6 Å². The van der Waals surface area contributed by atoms with Crippen molar-refractivity contribution >= 4 is 32.8 Å². The number of para-hydroxylation sites is 2. The van der Waals surface area contributed by atoms with Crippen molar-refractivity contribution in [3.63, 3.8) is 0 Å². The van der Waals surface area contributed by atoms with Crippen LogP contribution in [0.25, 0.3) is 44.3 Å². The molecule has 6 nitrogen and oxygen atoms in total. The van der Waals surface area contributed by atoms with Crippen LogP contribution in [0.5, 0.6) is 11.5 Å². The molecule has 0 saturated carbocycles. The van der Waals surface area contributed by atoms with Gasteiger partial charge in [0.05, 0.1) is 0 Å². The normalized spacial score (nSPS) is 16.3. The molecule has 3 aromatic carbocycles. The second-order valence-electron chi connectivity index (χ2n) is 14.4. The summed E-state index contributed by atoms with van der Waals surface area (Å²) in [5.74, 6) is 2.00. The minimum absolute atomic E-state index is 0.0176. The molecular weight excluding hydrogens is 762 g/mol. The van der Waals surface area contributed by atoms with Gasteiger partial charge in [-0.15, -0.1) is 0 Å². The number of aromatic nitrogens is 5. The van der Waals surface area contributed by atoms with Gasteiger partial charge in [0.2, 0.25) is 0 Å². The Morgan fingerprint density at radius 3 is 2.30 bits per heavy atom. The molecule has 0 bridgehead atoms. The van der Waals surface area contributed by atoms with Crippen molar-refractivity contribution in [2.24, 2.45) is 12.5 Å². The molecule has 4 heterocycles. The molecule has 0 unspecified atom stereocenters. The Morgan fingerprint density at radius 1 is 0.787 bits per heavy atom. The van der Waals surface area contributed by atoms with E-state index in [0.29, 0.717) is 11.5 Å². The Labute approximate surface area is 286 Å². The number of hydrogen-bond donors (Lipinski definition) is 0. The second kappa shape index (κ2) is 10.1. The van der Waals surface area contributed by atoms with E-state index in [1.807, 2.05) is 30.6 Å². The van der Waals surface area contributed by atoms with Crippen LogP contribution in [0.15, 0.2) is 79.3 Å². The molecule has 0 aliphatic heterocycles. The van der Waals surface area contributed by atoms with Crippen LogP contribution in [-0.4, -0.2) is 23.7 Å². The average molecular weight is 799 g/mol.